The fourth-order valence-electron chi connectivity index (χ4n) is 2.34. The molecular formula is C16H11F3N2O. The lowest BCUT2D eigenvalue weighted by molar-refractivity contribution is -0.137. The number of aryl methyl sites for hydroxylation is 1. The first-order chi connectivity index (χ1) is 10.4. The number of hydrogen-bond acceptors (Lipinski definition) is 2. The summed E-state index contributed by atoms with van der Waals surface area (Å²) in [5.74, 6) is 0. The highest BCUT2D eigenvalue weighted by atomic mass is 19.4. The highest BCUT2D eigenvalue weighted by molar-refractivity contribution is 5.77. The maximum atomic E-state index is 12.9. The van der Waals surface area contributed by atoms with E-state index in [1.807, 2.05) is 0 Å². The number of alkyl halides is 3. The molecule has 0 bridgehead atoms. The van der Waals surface area contributed by atoms with Gasteiger partial charge in [0.1, 0.15) is 5.65 Å². The van der Waals surface area contributed by atoms with E-state index >= 15 is 0 Å². The van der Waals surface area contributed by atoms with Crippen molar-refractivity contribution in [1.29, 1.82) is 0 Å². The molecule has 3 nitrogen and oxygen atoms in total. The van der Waals surface area contributed by atoms with Crippen LogP contribution in [0.1, 0.15) is 11.1 Å². The van der Waals surface area contributed by atoms with Gasteiger partial charge in [0.25, 0.3) is 5.56 Å². The Bertz CT molecular complexity index is 913. The summed E-state index contributed by atoms with van der Waals surface area (Å²) in [4.78, 5) is 16.5. The summed E-state index contributed by atoms with van der Waals surface area (Å²) in [6.45, 7) is 1.62. The Kier molecular flexibility index (Phi) is 3.24. The molecule has 0 fully saturated rings. The lowest BCUT2D eigenvalue weighted by Crippen LogP contribution is -2.22. The minimum atomic E-state index is -4.47. The predicted molar refractivity (Wildman–Crippen MR) is 77.1 cm³/mol. The molecule has 2 heterocycles. The maximum absolute atomic E-state index is 12.9. The number of aromatic nitrogens is 2. The van der Waals surface area contributed by atoms with Crippen molar-refractivity contribution in [3.63, 3.8) is 0 Å². The van der Waals surface area contributed by atoms with Crippen molar-refractivity contribution >= 4 is 11.0 Å². The van der Waals surface area contributed by atoms with E-state index in [0.29, 0.717) is 16.6 Å². The molecular weight excluding hydrogens is 293 g/mol. The molecule has 0 radical (unpaired) electrons. The van der Waals surface area contributed by atoms with E-state index in [1.54, 1.807) is 25.1 Å². The topological polar surface area (TPSA) is 34.9 Å². The Morgan fingerprint density at radius 3 is 2.59 bits per heavy atom. The van der Waals surface area contributed by atoms with Gasteiger partial charge in [-0.15, -0.1) is 0 Å². The molecule has 0 amide bonds. The summed E-state index contributed by atoms with van der Waals surface area (Å²) in [7, 11) is 0. The molecule has 6 heteroatoms. The summed E-state index contributed by atoms with van der Waals surface area (Å²) in [5.41, 5.74) is -0.268. The van der Waals surface area contributed by atoms with Crippen LogP contribution < -0.4 is 5.56 Å². The molecule has 22 heavy (non-hydrogen) atoms. The third-order valence-corrected chi connectivity index (χ3v) is 3.37. The quantitative estimate of drug-likeness (QED) is 0.687. The average molecular weight is 304 g/mol. The van der Waals surface area contributed by atoms with Crippen molar-refractivity contribution < 1.29 is 13.2 Å². The zero-order valence-corrected chi connectivity index (χ0v) is 11.6. The van der Waals surface area contributed by atoms with Crippen molar-refractivity contribution in [3.05, 3.63) is 70.1 Å². The third kappa shape index (κ3) is 2.36. The summed E-state index contributed by atoms with van der Waals surface area (Å²) < 4.78 is 39.8. The van der Waals surface area contributed by atoms with Crippen LogP contribution in [0, 0.1) is 6.92 Å². The van der Waals surface area contributed by atoms with Gasteiger partial charge in [0.2, 0.25) is 0 Å². The predicted octanol–water partition coefficient (Wildman–Crippen LogP) is 3.71. The van der Waals surface area contributed by atoms with Gasteiger partial charge in [0.15, 0.2) is 0 Å². The fourth-order valence-corrected chi connectivity index (χ4v) is 2.34. The largest absolute Gasteiger partial charge is 0.416 e. The molecule has 112 valence electrons. The maximum Gasteiger partial charge on any atom is 0.416 e. The minimum Gasteiger partial charge on any atom is -0.269 e. The van der Waals surface area contributed by atoms with E-state index < -0.39 is 11.7 Å². The van der Waals surface area contributed by atoms with Crippen LogP contribution in [-0.2, 0) is 6.18 Å². The monoisotopic (exact) mass is 304 g/mol. The van der Waals surface area contributed by atoms with E-state index in [4.69, 9.17) is 0 Å². The van der Waals surface area contributed by atoms with Gasteiger partial charge in [-0.25, -0.2) is 4.98 Å². The molecule has 3 aromatic rings. The molecule has 0 spiro atoms. The number of pyridine rings is 2. The normalized spacial score (nSPS) is 11.8. The second kappa shape index (κ2) is 4.98. The van der Waals surface area contributed by atoms with Crippen molar-refractivity contribution in [2.45, 2.75) is 13.1 Å². The van der Waals surface area contributed by atoms with E-state index in [0.717, 1.165) is 12.1 Å². The molecule has 0 unspecified atom stereocenters. The van der Waals surface area contributed by atoms with Crippen LogP contribution in [0.3, 0.4) is 0 Å². The van der Waals surface area contributed by atoms with Gasteiger partial charge in [-0.1, -0.05) is 6.07 Å². The molecule has 2 aromatic heterocycles. The Morgan fingerprint density at radius 1 is 1.09 bits per heavy atom. The molecule has 0 saturated carbocycles. The first-order valence-corrected chi connectivity index (χ1v) is 6.53. The van der Waals surface area contributed by atoms with Crippen molar-refractivity contribution in [2.75, 3.05) is 0 Å². The molecule has 0 aliphatic rings. The van der Waals surface area contributed by atoms with Gasteiger partial charge in [-0.05, 0) is 43.3 Å². The standard InChI is InChI=1S/C16H11F3N2O/c1-10-8-11-4-3-7-20-14(11)21(15(10)22)13-6-2-5-12(9-13)16(17,18)19/h2-9H,1H3. The van der Waals surface area contributed by atoms with Crippen LogP contribution in [0.4, 0.5) is 13.2 Å². The van der Waals surface area contributed by atoms with Gasteiger partial charge in [-0.2, -0.15) is 13.2 Å². The summed E-state index contributed by atoms with van der Waals surface area (Å²) in [6.07, 6.45) is -2.96. The highest BCUT2D eigenvalue weighted by Gasteiger charge is 2.30. The molecule has 3 rings (SSSR count). The smallest absolute Gasteiger partial charge is 0.269 e. The fraction of sp³-hybridized carbons (Fsp3) is 0.125. The molecule has 0 atom stereocenters. The van der Waals surface area contributed by atoms with Crippen LogP contribution in [0.5, 0.6) is 0 Å². The Hall–Kier alpha value is -2.63. The first-order valence-electron chi connectivity index (χ1n) is 6.53. The van der Waals surface area contributed by atoms with Gasteiger partial charge in [0.05, 0.1) is 11.3 Å². The number of halogens is 3. The number of rotatable bonds is 1. The SMILES string of the molecule is Cc1cc2cccnc2n(-c2cccc(C(F)(F)F)c2)c1=O. The van der Waals surface area contributed by atoms with E-state index in [9.17, 15) is 18.0 Å². The summed E-state index contributed by atoms with van der Waals surface area (Å²) in [6, 6.07) is 9.82. The van der Waals surface area contributed by atoms with Crippen LogP contribution in [0.2, 0.25) is 0 Å². The number of nitrogens with zero attached hydrogens (tertiary/aromatic N) is 2. The molecule has 0 aliphatic carbocycles. The minimum absolute atomic E-state index is 0.146. The van der Waals surface area contributed by atoms with Crippen molar-refractivity contribution in [3.8, 4) is 5.69 Å². The second-order valence-electron chi connectivity index (χ2n) is 4.93. The first kappa shape index (κ1) is 14.3. The second-order valence-corrected chi connectivity index (χ2v) is 4.93. The van der Waals surface area contributed by atoms with E-state index in [1.165, 1.54) is 22.9 Å². The van der Waals surface area contributed by atoms with Gasteiger partial charge >= 0.3 is 6.18 Å². The zero-order chi connectivity index (χ0) is 15.9. The number of benzene rings is 1. The Morgan fingerprint density at radius 2 is 1.86 bits per heavy atom. The van der Waals surface area contributed by atoms with Crippen LogP contribution in [-0.4, -0.2) is 9.55 Å². The number of hydrogen-bond donors (Lipinski definition) is 0. The van der Waals surface area contributed by atoms with Crippen LogP contribution in [0.25, 0.3) is 16.7 Å². The summed E-state index contributed by atoms with van der Waals surface area (Å²) >= 11 is 0. The zero-order valence-electron chi connectivity index (χ0n) is 11.6. The van der Waals surface area contributed by atoms with Gasteiger partial charge in [0, 0.05) is 17.1 Å². The van der Waals surface area contributed by atoms with Crippen LogP contribution in [0.15, 0.2) is 53.5 Å². The molecule has 0 N–H and O–H groups in total. The van der Waals surface area contributed by atoms with Gasteiger partial charge < -0.3 is 0 Å². The molecule has 1 aromatic carbocycles. The molecule has 0 saturated heterocycles. The van der Waals surface area contributed by atoms with Crippen LogP contribution >= 0.6 is 0 Å². The number of fused-ring (bicyclic) bond motifs is 1. The summed E-state index contributed by atoms with van der Waals surface area (Å²) in [5, 5.41) is 0.692. The molecule has 0 aliphatic heterocycles. The lowest BCUT2D eigenvalue weighted by Gasteiger charge is -2.13. The average Bonchev–Trinajstić information content (AvgIpc) is 2.48. The Balaban J connectivity index is 2.36. The Labute approximate surface area is 123 Å². The van der Waals surface area contributed by atoms with Crippen molar-refractivity contribution in [2.24, 2.45) is 0 Å². The van der Waals surface area contributed by atoms with E-state index in [-0.39, 0.29) is 11.2 Å². The highest BCUT2D eigenvalue weighted by Crippen LogP contribution is 2.30. The van der Waals surface area contributed by atoms with Gasteiger partial charge in [-0.3, -0.25) is 9.36 Å². The van der Waals surface area contributed by atoms with Crippen molar-refractivity contribution in [1.82, 2.24) is 9.55 Å². The lowest BCUT2D eigenvalue weighted by atomic mass is 10.1. The van der Waals surface area contributed by atoms with E-state index in [2.05, 4.69) is 4.98 Å². The third-order valence-electron chi connectivity index (χ3n) is 3.37.